The van der Waals surface area contributed by atoms with Gasteiger partial charge < -0.3 is 15.1 Å². The first-order valence-electron chi connectivity index (χ1n) is 9.21. The molecule has 4 rings (SSSR count). The van der Waals surface area contributed by atoms with E-state index in [0.29, 0.717) is 6.54 Å². The van der Waals surface area contributed by atoms with Crippen LogP contribution < -0.4 is 4.90 Å². The van der Waals surface area contributed by atoms with Gasteiger partial charge in [-0.2, -0.15) is 0 Å². The minimum atomic E-state index is -0.278. The van der Waals surface area contributed by atoms with Gasteiger partial charge in [-0.3, -0.25) is 4.79 Å². The first kappa shape index (κ1) is 20.6. The van der Waals surface area contributed by atoms with Gasteiger partial charge in [0.1, 0.15) is 17.3 Å². The Balaban J connectivity index is 0.00000240. The SMILES string of the molecule is Cc1ncc(C)c(-c2ccc3c(c2)CCCN3C(=O)c2ccc(O)cc2O)n1.Cl. The molecule has 1 aliphatic heterocycles. The summed E-state index contributed by atoms with van der Waals surface area (Å²) in [5.74, 6) is 0.146. The zero-order valence-electron chi connectivity index (χ0n) is 16.2. The van der Waals surface area contributed by atoms with Gasteiger partial charge in [0.05, 0.1) is 11.3 Å². The molecule has 0 aliphatic carbocycles. The van der Waals surface area contributed by atoms with Gasteiger partial charge in [0.15, 0.2) is 0 Å². The minimum absolute atomic E-state index is 0. The Kier molecular flexibility index (Phi) is 5.75. The van der Waals surface area contributed by atoms with E-state index < -0.39 is 0 Å². The van der Waals surface area contributed by atoms with Gasteiger partial charge in [0.2, 0.25) is 0 Å². The standard InChI is InChI=1S/C22H21N3O3.ClH/c1-13-12-23-14(2)24-21(13)16-5-8-19-15(10-16)4-3-9-25(19)22(28)18-7-6-17(26)11-20(18)27;/h5-8,10-12,26-27H,3-4,9H2,1-2H3;1H. The van der Waals surface area contributed by atoms with E-state index in [4.69, 9.17) is 0 Å². The first-order valence-corrected chi connectivity index (χ1v) is 9.21. The zero-order valence-corrected chi connectivity index (χ0v) is 17.0. The lowest BCUT2D eigenvalue weighted by Crippen LogP contribution is -2.35. The molecule has 0 atom stereocenters. The number of carbonyl (C=O) groups excluding carboxylic acids is 1. The molecule has 7 heteroatoms. The lowest BCUT2D eigenvalue weighted by molar-refractivity contribution is 0.0982. The number of fused-ring (bicyclic) bond motifs is 1. The molecule has 0 unspecified atom stereocenters. The van der Waals surface area contributed by atoms with Crippen LogP contribution in [0, 0.1) is 13.8 Å². The monoisotopic (exact) mass is 411 g/mol. The predicted molar refractivity (Wildman–Crippen MR) is 114 cm³/mol. The third kappa shape index (κ3) is 3.89. The molecule has 0 radical (unpaired) electrons. The fraction of sp³-hybridized carbons (Fsp3) is 0.227. The molecule has 1 aromatic heterocycles. The molecule has 1 aliphatic rings. The summed E-state index contributed by atoms with van der Waals surface area (Å²) in [6, 6.07) is 10.0. The summed E-state index contributed by atoms with van der Waals surface area (Å²) in [5.41, 5.74) is 5.00. The van der Waals surface area contributed by atoms with Crippen molar-refractivity contribution in [2.75, 3.05) is 11.4 Å². The molecular weight excluding hydrogens is 390 g/mol. The number of hydrogen-bond donors (Lipinski definition) is 2. The van der Waals surface area contributed by atoms with E-state index in [-0.39, 0.29) is 35.4 Å². The maximum atomic E-state index is 13.0. The quantitative estimate of drug-likeness (QED) is 0.660. The van der Waals surface area contributed by atoms with Crippen molar-refractivity contribution in [2.24, 2.45) is 0 Å². The molecule has 150 valence electrons. The second-order valence-electron chi connectivity index (χ2n) is 7.05. The summed E-state index contributed by atoms with van der Waals surface area (Å²) in [7, 11) is 0. The molecule has 2 heterocycles. The number of halogens is 1. The molecule has 1 amide bonds. The van der Waals surface area contributed by atoms with Crippen molar-refractivity contribution in [3.05, 3.63) is 65.1 Å². The number of amides is 1. The lowest BCUT2D eigenvalue weighted by atomic mass is 9.96. The third-order valence-electron chi connectivity index (χ3n) is 5.02. The highest BCUT2D eigenvalue weighted by Crippen LogP contribution is 2.34. The number of aromatic hydroxyl groups is 2. The summed E-state index contributed by atoms with van der Waals surface area (Å²) in [6.07, 6.45) is 3.53. The molecule has 0 saturated heterocycles. The molecule has 0 fully saturated rings. The van der Waals surface area contributed by atoms with E-state index in [1.165, 1.54) is 18.2 Å². The van der Waals surface area contributed by atoms with Crippen LogP contribution in [0.3, 0.4) is 0 Å². The lowest BCUT2D eigenvalue weighted by Gasteiger charge is -2.30. The van der Waals surface area contributed by atoms with Gasteiger partial charge in [-0.1, -0.05) is 6.07 Å². The molecule has 0 saturated carbocycles. The molecule has 0 bridgehead atoms. The number of rotatable bonds is 2. The Morgan fingerprint density at radius 2 is 1.90 bits per heavy atom. The fourth-order valence-electron chi connectivity index (χ4n) is 3.62. The number of phenolic OH excluding ortho intramolecular Hbond substituents is 2. The number of carbonyl (C=O) groups is 1. The van der Waals surface area contributed by atoms with E-state index in [9.17, 15) is 15.0 Å². The summed E-state index contributed by atoms with van der Waals surface area (Å²) >= 11 is 0. The van der Waals surface area contributed by atoms with Crippen molar-refractivity contribution in [1.82, 2.24) is 9.97 Å². The van der Waals surface area contributed by atoms with Gasteiger partial charge in [-0.05, 0) is 62.1 Å². The Morgan fingerprint density at radius 1 is 1.10 bits per heavy atom. The number of aryl methyl sites for hydroxylation is 3. The van der Waals surface area contributed by atoms with Crippen LogP contribution in [0.15, 0.2) is 42.6 Å². The Hall–Kier alpha value is -3.12. The van der Waals surface area contributed by atoms with E-state index >= 15 is 0 Å². The van der Waals surface area contributed by atoms with Crippen LogP contribution >= 0.6 is 12.4 Å². The van der Waals surface area contributed by atoms with E-state index in [1.54, 1.807) is 4.90 Å². The smallest absolute Gasteiger partial charge is 0.262 e. The first-order chi connectivity index (χ1) is 13.4. The summed E-state index contributed by atoms with van der Waals surface area (Å²) in [4.78, 5) is 23.5. The van der Waals surface area contributed by atoms with E-state index in [1.807, 2.05) is 32.2 Å². The van der Waals surface area contributed by atoms with Crippen LogP contribution in [0.2, 0.25) is 0 Å². The van der Waals surface area contributed by atoms with Crippen LogP contribution in [0.1, 0.15) is 33.7 Å². The van der Waals surface area contributed by atoms with Crippen LogP contribution in [-0.4, -0.2) is 32.6 Å². The van der Waals surface area contributed by atoms with Crippen molar-refractivity contribution in [3.63, 3.8) is 0 Å². The van der Waals surface area contributed by atoms with Crippen LogP contribution in [0.5, 0.6) is 11.5 Å². The number of aromatic nitrogens is 2. The largest absolute Gasteiger partial charge is 0.508 e. The molecule has 29 heavy (non-hydrogen) atoms. The zero-order chi connectivity index (χ0) is 19.8. The normalized spacial score (nSPS) is 12.8. The van der Waals surface area contributed by atoms with Crippen molar-refractivity contribution < 1.29 is 15.0 Å². The van der Waals surface area contributed by atoms with Gasteiger partial charge in [-0.15, -0.1) is 12.4 Å². The predicted octanol–water partition coefficient (Wildman–Crippen LogP) is 4.19. The number of benzene rings is 2. The van der Waals surface area contributed by atoms with E-state index in [2.05, 4.69) is 16.0 Å². The third-order valence-corrected chi connectivity index (χ3v) is 5.02. The molecule has 0 spiro atoms. The van der Waals surface area contributed by atoms with Gasteiger partial charge in [-0.25, -0.2) is 9.97 Å². The second-order valence-corrected chi connectivity index (χ2v) is 7.05. The molecule has 2 N–H and O–H groups in total. The fourth-order valence-corrected chi connectivity index (χ4v) is 3.62. The van der Waals surface area contributed by atoms with Crippen molar-refractivity contribution >= 4 is 24.0 Å². The Bertz CT molecular complexity index is 1080. The van der Waals surface area contributed by atoms with Crippen molar-refractivity contribution in [1.29, 1.82) is 0 Å². The van der Waals surface area contributed by atoms with Crippen molar-refractivity contribution in [3.8, 4) is 22.8 Å². The highest BCUT2D eigenvalue weighted by atomic mass is 35.5. The minimum Gasteiger partial charge on any atom is -0.508 e. The number of hydrogen-bond acceptors (Lipinski definition) is 5. The summed E-state index contributed by atoms with van der Waals surface area (Å²) < 4.78 is 0. The average molecular weight is 412 g/mol. The molecule has 2 aromatic carbocycles. The topological polar surface area (TPSA) is 86.6 Å². The average Bonchev–Trinajstić information content (AvgIpc) is 2.68. The summed E-state index contributed by atoms with van der Waals surface area (Å²) in [5, 5.41) is 19.5. The van der Waals surface area contributed by atoms with Crippen molar-refractivity contribution in [2.45, 2.75) is 26.7 Å². The number of nitrogens with zero attached hydrogens (tertiary/aromatic N) is 3. The van der Waals surface area contributed by atoms with Gasteiger partial charge >= 0.3 is 0 Å². The van der Waals surface area contributed by atoms with Crippen LogP contribution in [0.25, 0.3) is 11.3 Å². The highest BCUT2D eigenvalue weighted by molar-refractivity contribution is 6.08. The molecule has 3 aromatic rings. The molecular formula is C22H22ClN3O3. The van der Waals surface area contributed by atoms with E-state index in [0.717, 1.165) is 46.7 Å². The molecule has 6 nitrogen and oxygen atoms in total. The highest BCUT2D eigenvalue weighted by Gasteiger charge is 2.26. The van der Waals surface area contributed by atoms with Crippen LogP contribution in [-0.2, 0) is 6.42 Å². The summed E-state index contributed by atoms with van der Waals surface area (Å²) in [6.45, 7) is 4.43. The van der Waals surface area contributed by atoms with Gasteiger partial charge in [0, 0.05) is 30.1 Å². The Morgan fingerprint density at radius 3 is 2.66 bits per heavy atom. The maximum absolute atomic E-state index is 13.0. The van der Waals surface area contributed by atoms with Crippen LogP contribution in [0.4, 0.5) is 5.69 Å². The second kappa shape index (κ2) is 8.09. The number of phenols is 2. The maximum Gasteiger partial charge on any atom is 0.262 e. The number of anilines is 1. The Labute approximate surface area is 175 Å². The van der Waals surface area contributed by atoms with Gasteiger partial charge in [0.25, 0.3) is 5.91 Å².